The lowest BCUT2D eigenvalue weighted by Crippen LogP contribution is -2.34. The first-order chi connectivity index (χ1) is 8.51. The van der Waals surface area contributed by atoms with E-state index in [1.54, 1.807) is 26.4 Å². The van der Waals surface area contributed by atoms with Crippen LogP contribution in [0.5, 0.6) is 0 Å². The molecule has 0 heterocycles. The number of anilines is 1. The van der Waals surface area contributed by atoms with Gasteiger partial charge in [0.15, 0.2) is 6.29 Å². The normalized spacial score (nSPS) is 12.5. The summed E-state index contributed by atoms with van der Waals surface area (Å²) in [6, 6.07) is 5.33. The monoisotopic (exact) mass is 252 g/mol. The molecule has 0 bridgehead atoms. The number of rotatable bonds is 6. The molecule has 0 aromatic heterocycles. The lowest BCUT2D eigenvalue weighted by Gasteiger charge is -2.24. The van der Waals surface area contributed by atoms with Crippen molar-refractivity contribution in [2.24, 2.45) is 5.73 Å². The Bertz CT molecular complexity index is 417. The molecule has 1 aromatic carbocycles. The van der Waals surface area contributed by atoms with Gasteiger partial charge in [-0.1, -0.05) is 6.07 Å². The summed E-state index contributed by atoms with van der Waals surface area (Å²) in [6.07, 6.45) is -0.360. The Hall–Kier alpha value is -1.59. The fourth-order valence-electron chi connectivity index (χ4n) is 1.88. The van der Waals surface area contributed by atoms with E-state index in [0.717, 1.165) is 11.3 Å². The molecule has 1 unspecified atom stereocenters. The van der Waals surface area contributed by atoms with Crippen LogP contribution in [0.15, 0.2) is 18.2 Å². The molecule has 1 aromatic rings. The molecule has 1 rings (SSSR count). The van der Waals surface area contributed by atoms with E-state index < -0.39 is 5.91 Å². The van der Waals surface area contributed by atoms with Gasteiger partial charge in [0.2, 0.25) is 5.91 Å². The smallest absolute Gasteiger partial charge is 0.249 e. The summed E-state index contributed by atoms with van der Waals surface area (Å²) in [5.74, 6) is -0.432. The summed E-state index contributed by atoms with van der Waals surface area (Å²) in [6.45, 7) is 3.79. The molecule has 0 fully saturated rings. The highest BCUT2D eigenvalue weighted by Crippen LogP contribution is 2.20. The van der Waals surface area contributed by atoms with Gasteiger partial charge in [-0.05, 0) is 31.5 Å². The van der Waals surface area contributed by atoms with Crippen LogP contribution in [0, 0.1) is 6.92 Å². The van der Waals surface area contributed by atoms with Crippen LogP contribution in [0.3, 0.4) is 0 Å². The van der Waals surface area contributed by atoms with E-state index in [1.807, 2.05) is 19.9 Å². The number of benzene rings is 1. The van der Waals surface area contributed by atoms with E-state index in [0.29, 0.717) is 5.56 Å². The standard InChI is InChI=1S/C13H20N2O3/c1-8-10(12(14)16)6-5-7-11(8)15-9(2)13(17-3)18-4/h5-7,9,13,15H,1-4H3,(H2,14,16). The van der Waals surface area contributed by atoms with Crippen LogP contribution in [0.4, 0.5) is 5.69 Å². The summed E-state index contributed by atoms with van der Waals surface area (Å²) in [4.78, 5) is 11.3. The minimum atomic E-state index is -0.432. The topological polar surface area (TPSA) is 73.6 Å². The van der Waals surface area contributed by atoms with Gasteiger partial charge in [0.05, 0.1) is 6.04 Å². The molecule has 5 nitrogen and oxygen atoms in total. The fourth-order valence-corrected chi connectivity index (χ4v) is 1.88. The Morgan fingerprint density at radius 3 is 2.44 bits per heavy atom. The predicted octanol–water partition coefficient (Wildman–Crippen LogP) is 1.51. The van der Waals surface area contributed by atoms with E-state index in [1.165, 1.54) is 0 Å². The van der Waals surface area contributed by atoms with Crippen LogP contribution >= 0.6 is 0 Å². The van der Waals surface area contributed by atoms with Crippen molar-refractivity contribution < 1.29 is 14.3 Å². The van der Waals surface area contributed by atoms with Crippen molar-refractivity contribution in [3.63, 3.8) is 0 Å². The third-order valence-corrected chi connectivity index (χ3v) is 2.86. The van der Waals surface area contributed by atoms with Crippen molar-refractivity contribution in [2.45, 2.75) is 26.2 Å². The molecule has 1 atom stereocenters. The summed E-state index contributed by atoms with van der Waals surface area (Å²) in [5.41, 5.74) is 7.49. The summed E-state index contributed by atoms with van der Waals surface area (Å²) >= 11 is 0. The number of primary amides is 1. The van der Waals surface area contributed by atoms with Gasteiger partial charge in [-0.15, -0.1) is 0 Å². The Morgan fingerprint density at radius 1 is 1.33 bits per heavy atom. The fraction of sp³-hybridized carbons (Fsp3) is 0.462. The molecule has 0 aliphatic heterocycles. The summed E-state index contributed by atoms with van der Waals surface area (Å²) < 4.78 is 10.3. The number of nitrogens with two attached hydrogens (primary N) is 1. The van der Waals surface area contributed by atoms with E-state index in [-0.39, 0.29) is 12.3 Å². The average molecular weight is 252 g/mol. The lowest BCUT2D eigenvalue weighted by molar-refractivity contribution is -0.109. The van der Waals surface area contributed by atoms with Crippen molar-refractivity contribution in [3.8, 4) is 0 Å². The van der Waals surface area contributed by atoms with E-state index in [2.05, 4.69) is 5.32 Å². The lowest BCUT2D eigenvalue weighted by atomic mass is 10.1. The Morgan fingerprint density at radius 2 is 1.94 bits per heavy atom. The number of carbonyl (C=O) groups excluding carboxylic acids is 1. The number of nitrogens with one attached hydrogen (secondary N) is 1. The van der Waals surface area contributed by atoms with Gasteiger partial charge in [-0.2, -0.15) is 0 Å². The maximum atomic E-state index is 11.3. The van der Waals surface area contributed by atoms with Gasteiger partial charge in [-0.25, -0.2) is 0 Å². The number of methoxy groups -OCH3 is 2. The second-order valence-corrected chi connectivity index (χ2v) is 4.12. The molecular weight excluding hydrogens is 232 g/mol. The molecule has 100 valence electrons. The Labute approximate surface area is 107 Å². The molecule has 0 spiro atoms. The highest BCUT2D eigenvalue weighted by molar-refractivity contribution is 5.95. The molecule has 0 aliphatic carbocycles. The third-order valence-electron chi connectivity index (χ3n) is 2.86. The molecule has 5 heteroatoms. The van der Waals surface area contributed by atoms with Gasteiger partial charge < -0.3 is 20.5 Å². The molecular formula is C13H20N2O3. The molecule has 1 amide bonds. The zero-order valence-corrected chi connectivity index (χ0v) is 11.2. The van der Waals surface area contributed by atoms with Gasteiger partial charge in [-0.3, -0.25) is 4.79 Å². The van der Waals surface area contributed by atoms with Gasteiger partial charge >= 0.3 is 0 Å². The maximum Gasteiger partial charge on any atom is 0.249 e. The van der Waals surface area contributed by atoms with Crippen LogP contribution in [0.2, 0.25) is 0 Å². The molecule has 0 saturated heterocycles. The van der Waals surface area contributed by atoms with Gasteiger partial charge in [0.1, 0.15) is 0 Å². The second kappa shape index (κ2) is 6.37. The number of hydrogen-bond donors (Lipinski definition) is 2. The van der Waals surface area contributed by atoms with Crippen LogP contribution in [0.1, 0.15) is 22.8 Å². The minimum Gasteiger partial charge on any atom is -0.377 e. The molecule has 0 aliphatic rings. The van der Waals surface area contributed by atoms with Crippen molar-refractivity contribution in [3.05, 3.63) is 29.3 Å². The molecule has 3 N–H and O–H groups in total. The predicted molar refractivity (Wildman–Crippen MR) is 70.6 cm³/mol. The first-order valence-corrected chi connectivity index (χ1v) is 5.72. The zero-order valence-electron chi connectivity index (χ0n) is 11.2. The van der Waals surface area contributed by atoms with Crippen molar-refractivity contribution in [1.29, 1.82) is 0 Å². The molecule has 18 heavy (non-hydrogen) atoms. The largest absolute Gasteiger partial charge is 0.377 e. The number of amides is 1. The van der Waals surface area contributed by atoms with E-state index >= 15 is 0 Å². The van der Waals surface area contributed by atoms with Crippen LogP contribution < -0.4 is 11.1 Å². The zero-order chi connectivity index (χ0) is 13.7. The Kier molecular flexibility index (Phi) is 5.12. The maximum absolute atomic E-state index is 11.3. The number of ether oxygens (including phenoxy) is 2. The first-order valence-electron chi connectivity index (χ1n) is 5.72. The van der Waals surface area contributed by atoms with Gasteiger partial charge in [0, 0.05) is 25.5 Å². The number of hydrogen-bond acceptors (Lipinski definition) is 4. The van der Waals surface area contributed by atoms with Crippen LogP contribution in [-0.2, 0) is 9.47 Å². The number of carbonyl (C=O) groups is 1. The second-order valence-electron chi connectivity index (χ2n) is 4.12. The third kappa shape index (κ3) is 3.21. The SMILES string of the molecule is COC(OC)C(C)Nc1cccc(C(N)=O)c1C. The van der Waals surface area contributed by atoms with Crippen LogP contribution in [0.25, 0.3) is 0 Å². The molecule has 0 saturated carbocycles. The first kappa shape index (κ1) is 14.5. The van der Waals surface area contributed by atoms with Crippen molar-refractivity contribution in [2.75, 3.05) is 19.5 Å². The summed E-state index contributed by atoms with van der Waals surface area (Å²) in [7, 11) is 3.16. The summed E-state index contributed by atoms with van der Waals surface area (Å²) in [5, 5.41) is 3.25. The van der Waals surface area contributed by atoms with Crippen molar-refractivity contribution >= 4 is 11.6 Å². The minimum absolute atomic E-state index is 0.0539. The van der Waals surface area contributed by atoms with Gasteiger partial charge in [0.25, 0.3) is 0 Å². The quantitative estimate of drug-likeness (QED) is 0.753. The molecule has 0 radical (unpaired) electrons. The van der Waals surface area contributed by atoms with E-state index in [4.69, 9.17) is 15.2 Å². The Balaban J connectivity index is 2.91. The highest BCUT2D eigenvalue weighted by atomic mass is 16.7. The average Bonchev–Trinajstić information content (AvgIpc) is 2.33. The highest BCUT2D eigenvalue weighted by Gasteiger charge is 2.17. The van der Waals surface area contributed by atoms with E-state index in [9.17, 15) is 4.79 Å². The van der Waals surface area contributed by atoms with Crippen molar-refractivity contribution in [1.82, 2.24) is 0 Å². The van der Waals surface area contributed by atoms with Crippen LogP contribution in [-0.4, -0.2) is 32.5 Å².